The first kappa shape index (κ1) is 16.9. The Morgan fingerprint density at radius 2 is 1.85 bits per heavy atom. The second-order valence-electron chi connectivity index (χ2n) is 7.61. The fourth-order valence-corrected chi connectivity index (χ4v) is 3.75. The van der Waals surface area contributed by atoms with E-state index in [-0.39, 0.29) is 30.4 Å². The number of benzene rings is 1. The van der Waals surface area contributed by atoms with Crippen LogP contribution in [0.5, 0.6) is 0 Å². The van der Waals surface area contributed by atoms with E-state index in [4.69, 9.17) is 0 Å². The van der Waals surface area contributed by atoms with Crippen molar-refractivity contribution in [3.05, 3.63) is 29.8 Å². The smallest absolute Gasteiger partial charge is 0.319 e. The number of hydrogen-bond donors (Lipinski definition) is 3. The summed E-state index contributed by atoms with van der Waals surface area (Å²) >= 11 is 0. The summed E-state index contributed by atoms with van der Waals surface area (Å²) in [5, 5.41) is 15.0. The van der Waals surface area contributed by atoms with Crippen LogP contribution in [-0.2, 0) is 4.79 Å². The third-order valence-electron chi connectivity index (χ3n) is 5.48. The van der Waals surface area contributed by atoms with Crippen LogP contribution in [0.3, 0.4) is 0 Å². The number of carboxylic acids is 1. The van der Waals surface area contributed by atoms with E-state index in [2.05, 4.69) is 10.6 Å². The van der Waals surface area contributed by atoms with Crippen LogP contribution >= 0.6 is 0 Å². The number of carbonyl (C=O) groups is 3. The lowest BCUT2D eigenvalue weighted by atomic mass is 9.92. The first-order valence-corrected chi connectivity index (χ1v) is 9.21. The molecule has 2 atom stereocenters. The van der Waals surface area contributed by atoms with Crippen LogP contribution in [0.1, 0.15) is 36.0 Å². The molecule has 0 spiro atoms. The maximum absolute atomic E-state index is 12.8. The number of nitrogens with one attached hydrogen (secondary N) is 2. The van der Waals surface area contributed by atoms with Crippen molar-refractivity contribution in [3.8, 4) is 0 Å². The molecule has 3 aliphatic rings. The Morgan fingerprint density at radius 3 is 2.50 bits per heavy atom. The summed E-state index contributed by atoms with van der Waals surface area (Å²) in [6.07, 6.45) is 4.14. The normalized spacial score (nSPS) is 25.0. The van der Waals surface area contributed by atoms with Crippen LogP contribution in [0, 0.1) is 17.8 Å². The third kappa shape index (κ3) is 3.66. The highest BCUT2D eigenvalue weighted by Crippen LogP contribution is 2.44. The first-order valence-electron chi connectivity index (χ1n) is 9.21. The molecule has 3 amide bonds. The lowest BCUT2D eigenvalue weighted by Crippen LogP contribution is -2.31. The second kappa shape index (κ2) is 6.63. The van der Waals surface area contributed by atoms with Gasteiger partial charge in [-0.3, -0.25) is 9.59 Å². The minimum Gasteiger partial charge on any atom is -0.481 e. The van der Waals surface area contributed by atoms with Crippen molar-refractivity contribution in [1.82, 2.24) is 10.2 Å². The first-order chi connectivity index (χ1) is 12.5. The van der Waals surface area contributed by atoms with Crippen LogP contribution in [0.25, 0.3) is 0 Å². The van der Waals surface area contributed by atoms with E-state index >= 15 is 0 Å². The molecule has 0 aromatic heterocycles. The summed E-state index contributed by atoms with van der Waals surface area (Å²) < 4.78 is 0. The number of aliphatic carboxylic acids is 1. The van der Waals surface area contributed by atoms with Crippen molar-refractivity contribution in [3.63, 3.8) is 0 Å². The van der Waals surface area contributed by atoms with Gasteiger partial charge in [-0.15, -0.1) is 0 Å². The highest BCUT2D eigenvalue weighted by Gasteiger charge is 2.46. The average Bonchev–Trinajstić information content (AvgIpc) is 3.54. The molecule has 4 rings (SSSR count). The summed E-state index contributed by atoms with van der Waals surface area (Å²) in [5.41, 5.74) is 1.02. The molecule has 1 aromatic carbocycles. The Labute approximate surface area is 151 Å². The minimum absolute atomic E-state index is 0.0575. The van der Waals surface area contributed by atoms with Gasteiger partial charge in [0, 0.05) is 30.4 Å². The van der Waals surface area contributed by atoms with E-state index < -0.39 is 11.9 Å². The Hall–Kier alpha value is -2.57. The minimum atomic E-state index is -0.815. The Morgan fingerprint density at radius 1 is 1.08 bits per heavy atom. The summed E-state index contributed by atoms with van der Waals surface area (Å²) in [6.45, 7) is 0.759. The number of carbonyl (C=O) groups excluding carboxylic acids is 2. The Bertz CT molecular complexity index is 742. The maximum atomic E-state index is 12.8. The Balaban J connectivity index is 1.43. The molecular formula is C19H23N3O4. The zero-order valence-corrected chi connectivity index (χ0v) is 14.5. The number of anilines is 1. The largest absolute Gasteiger partial charge is 0.481 e. The van der Waals surface area contributed by atoms with E-state index in [1.165, 1.54) is 0 Å². The molecule has 3 N–H and O–H groups in total. The number of amides is 3. The van der Waals surface area contributed by atoms with Gasteiger partial charge in [0.2, 0.25) is 0 Å². The molecule has 138 valence electrons. The average molecular weight is 357 g/mol. The molecule has 0 bridgehead atoms. The summed E-state index contributed by atoms with van der Waals surface area (Å²) in [6, 6.07) is 6.81. The standard InChI is InChI=1S/C19H23N3O4/c23-17(22-9-15(11-4-5-11)16(10-22)18(24)25)12-2-1-3-14(8-12)21-19(26)20-13-6-7-13/h1-3,8,11,13,15-16H,4-7,9-10H2,(H,24,25)(H2,20,21,26)/t15-,16+/m1/s1. The topological polar surface area (TPSA) is 98.7 Å². The molecule has 1 heterocycles. The summed E-state index contributed by atoms with van der Waals surface area (Å²) in [5.74, 6) is -0.970. The van der Waals surface area contributed by atoms with Gasteiger partial charge in [-0.2, -0.15) is 0 Å². The maximum Gasteiger partial charge on any atom is 0.319 e. The molecule has 1 saturated heterocycles. The highest BCUT2D eigenvalue weighted by molar-refractivity contribution is 5.97. The fraction of sp³-hybridized carbons (Fsp3) is 0.526. The predicted molar refractivity (Wildman–Crippen MR) is 94.9 cm³/mol. The van der Waals surface area contributed by atoms with Crippen LogP contribution in [0.4, 0.5) is 10.5 Å². The SMILES string of the molecule is O=C(Nc1cccc(C(=O)N2C[C@H](C(=O)O)[C@@H](C3CC3)C2)c1)NC1CC1. The van der Waals surface area contributed by atoms with Gasteiger partial charge in [-0.25, -0.2) is 4.79 Å². The van der Waals surface area contributed by atoms with E-state index in [9.17, 15) is 19.5 Å². The van der Waals surface area contributed by atoms with Gasteiger partial charge in [-0.05, 0) is 55.7 Å². The van der Waals surface area contributed by atoms with Crippen LogP contribution in [0.2, 0.25) is 0 Å². The number of likely N-dealkylation sites (tertiary alicyclic amines) is 1. The van der Waals surface area contributed by atoms with Gasteiger partial charge < -0.3 is 20.6 Å². The zero-order chi connectivity index (χ0) is 18.3. The molecule has 26 heavy (non-hydrogen) atoms. The van der Waals surface area contributed by atoms with Crippen LogP contribution in [-0.4, -0.2) is 47.0 Å². The molecular weight excluding hydrogens is 334 g/mol. The van der Waals surface area contributed by atoms with Crippen molar-refractivity contribution in [2.75, 3.05) is 18.4 Å². The van der Waals surface area contributed by atoms with Gasteiger partial charge >= 0.3 is 12.0 Å². The molecule has 1 aromatic rings. The van der Waals surface area contributed by atoms with Crippen LogP contribution < -0.4 is 10.6 Å². The van der Waals surface area contributed by atoms with Gasteiger partial charge in [0.25, 0.3) is 5.91 Å². The number of carboxylic acid groups (broad SMARTS) is 1. The quantitative estimate of drug-likeness (QED) is 0.752. The summed E-state index contributed by atoms with van der Waals surface area (Å²) in [7, 11) is 0. The van der Waals surface area contributed by atoms with Crippen molar-refractivity contribution in [2.45, 2.75) is 31.7 Å². The predicted octanol–water partition coefficient (Wildman–Crippen LogP) is 2.15. The van der Waals surface area contributed by atoms with Crippen molar-refractivity contribution in [2.24, 2.45) is 17.8 Å². The number of nitrogens with zero attached hydrogens (tertiary/aromatic N) is 1. The summed E-state index contributed by atoms with van der Waals surface area (Å²) in [4.78, 5) is 37.9. The van der Waals surface area contributed by atoms with Gasteiger partial charge in [0.15, 0.2) is 0 Å². The monoisotopic (exact) mass is 357 g/mol. The molecule has 0 unspecified atom stereocenters. The molecule has 7 heteroatoms. The number of rotatable bonds is 5. The molecule has 1 aliphatic heterocycles. The number of hydrogen-bond acceptors (Lipinski definition) is 3. The fourth-order valence-electron chi connectivity index (χ4n) is 3.75. The highest BCUT2D eigenvalue weighted by atomic mass is 16.4. The van der Waals surface area contributed by atoms with E-state index in [1.807, 2.05) is 0 Å². The molecule has 0 radical (unpaired) electrons. The second-order valence-corrected chi connectivity index (χ2v) is 7.61. The lowest BCUT2D eigenvalue weighted by Gasteiger charge is -2.17. The molecule has 7 nitrogen and oxygen atoms in total. The van der Waals surface area contributed by atoms with E-state index in [1.54, 1.807) is 29.2 Å². The van der Waals surface area contributed by atoms with Gasteiger partial charge in [0.1, 0.15) is 0 Å². The zero-order valence-electron chi connectivity index (χ0n) is 14.5. The van der Waals surface area contributed by atoms with E-state index in [0.717, 1.165) is 25.7 Å². The number of urea groups is 1. The molecule has 3 fully saturated rings. The molecule has 2 saturated carbocycles. The van der Waals surface area contributed by atoms with Gasteiger partial charge in [0.05, 0.1) is 5.92 Å². The Kier molecular flexibility index (Phi) is 4.30. The van der Waals surface area contributed by atoms with E-state index in [0.29, 0.717) is 23.7 Å². The van der Waals surface area contributed by atoms with Gasteiger partial charge in [-0.1, -0.05) is 6.07 Å². The lowest BCUT2D eigenvalue weighted by molar-refractivity contribution is -0.142. The molecule has 2 aliphatic carbocycles. The van der Waals surface area contributed by atoms with Crippen molar-refractivity contribution in [1.29, 1.82) is 0 Å². The third-order valence-corrected chi connectivity index (χ3v) is 5.48. The van der Waals surface area contributed by atoms with Crippen molar-refractivity contribution >= 4 is 23.6 Å². The van der Waals surface area contributed by atoms with Crippen LogP contribution in [0.15, 0.2) is 24.3 Å². The van der Waals surface area contributed by atoms with Crippen molar-refractivity contribution < 1.29 is 19.5 Å².